The van der Waals surface area contributed by atoms with Crippen LogP contribution in [0.1, 0.15) is 180 Å². The van der Waals surface area contributed by atoms with Gasteiger partial charge in [0.2, 0.25) is 0 Å². The van der Waals surface area contributed by atoms with Crippen LogP contribution in [0.25, 0.3) is 0 Å². The van der Waals surface area contributed by atoms with Crippen LogP contribution >= 0.6 is 11.6 Å². The second-order valence-corrected chi connectivity index (χ2v) is 27.4. The maximum Gasteiger partial charge on any atom is 0.413 e. The fourth-order valence-electron chi connectivity index (χ4n) is 10.6. The zero-order valence-corrected chi connectivity index (χ0v) is 71.6. The monoisotopic (exact) mass is 1700 g/mol. The summed E-state index contributed by atoms with van der Waals surface area (Å²) in [6.45, 7) is 32.2. The number of halogens is 1. The maximum atomic E-state index is 11.8. The van der Waals surface area contributed by atoms with E-state index in [2.05, 4.69) is 103 Å². The highest BCUT2D eigenvalue weighted by atomic mass is 35.5. The van der Waals surface area contributed by atoms with Crippen LogP contribution in [0.4, 0.5) is 62.9 Å². The van der Waals surface area contributed by atoms with Gasteiger partial charge < -0.3 is 90.5 Å². The molecule has 0 radical (unpaired) electrons. The first-order valence-corrected chi connectivity index (χ1v) is 40.2. The molecule has 6 aromatic rings. The van der Waals surface area contributed by atoms with Crippen molar-refractivity contribution < 1.29 is 102 Å². The molecule has 664 valence electrons. The average Bonchev–Trinajstić information content (AvgIpc) is 0.880. The van der Waals surface area contributed by atoms with Crippen LogP contribution < -0.4 is 70.1 Å². The molecule has 0 aliphatic carbocycles. The van der Waals surface area contributed by atoms with Gasteiger partial charge in [0.05, 0.1) is 28.0 Å². The van der Waals surface area contributed by atoms with E-state index in [1.807, 2.05) is 69.0 Å². The molecule has 6 rings (SSSR count). The standard InChI is InChI=1S/C18H26N2O6.C18H30N2O2.C16H26N2O4.C12H16N2O4.C7H4ClNO4.C7H6N2O4.C6H14/c1-3-11-20(12-4-2)13-5-7-14(8-6-13)26-18(25)19-15(17(23)24)9-10-16(21)22;1-5-8-15(4)19-18(21)22-17-11-9-16(10-12-17)20(13-6-2)14-7-3;1-3-4-13(2)17-16(21)22-15-7-5-14(6-8-15)18(9-11-19)10-12-20;1-3-4-9(2)13-12(15)18-11-7-5-10(6-8-11)14(16)17;2*8-7(10)13-6-3-1-5(2-4-6)9(11)12;1-4-5-6(2)3/h5-8,15H,3-4,9-12H2,1-2H3,(H,19,25)(H,21,22)(H,23,24);9-12,15H,5-8,13-14H2,1-4H3,(H,19,21);5-8,13,19-20H,3-4,9-12H2,1-2H3,(H,17,21);5-9H,3-4H2,1-2H3,(H,13,15);1-4H;1-4H,(H2,8,10);6H,4-5H2,1-3H3. The highest BCUT2D eigenvalue weighted by Gasteiger charge is 2.23. The third kappa shape index (κ3) is 51.2. The van der Waals surface area contributed by atoms with Gasteiger partial charge in [-0.05, 0) is 187 Å². The van der Waals surface area contributed by atoms with Crippen LogP contribution in [-0.4, -0.2) is 160 Å². The van der Waals surface area contributed by atoms with Crippen LogP contribution in [0.5, 0.6) is 34.5 Å². The molecule has 0 bridgehead atoms. The fraction of sp³-hybridized carbons (Fsp3) is 0.476. The Morgan fingerprint density at radius 2 is 0.625 bits per heavy atom. The molecule has 4 unspecified atom stereocenters. The van der Waals surface area contributed by atoms with Crippen molar-refractivity contribution in [1.29, 1.82) is 0 Å². The van der Waals surface area contributed by atoms with E-state index < -0.39 is 62.6 Å². The molecule has 0 aliphatic rings. The number of nitrogens with two attached hydrogens (primary N) is 1. The smallest absolute Gasteiger partial charge is 0.413 e. The topological polar surface area (TPSA) is 486 Å². The van der Waals surface area contributed by atoms with E-state index in [4.69, 9.17) is 56.7 Å². The molecule has 0 heterocycles. The fourth-order valence-corrected chi connectivity index (χ4v) is 10.7. The number of aliphatic hydroxyl groups excluding tert-OH is 2. The molecule has 36 heteroatoms. The van der Waals surface area contributed by atoms with Crippen molar-refractivity contribution in [1.82, 2.24) is 21.3 Å². The third-order valence-electron chi connectivity index (χ3n) is 16.1. The van der Waals surface area contributed by atoms with Crippen molar-refractivity contribution in [2.24, 2.45) is 11.7 Å². The predicted molar refractivity (Wildman–Crippen MR) is 460 cm³/mol. The molecule has 0 spiro atoms. The Labute approximate surface area is 707 Å². The Kier molecular flexibility index (Phi) is 57.5. The third-order valence-corrected chi connectivity index (χ3v) is 16.2. The van der Waals surface area contributed by atoms with Gasteiger partial charge in [0.25, 0.3) is 17.1 Å². The number of non-ortho nitro benzene ring substituents is 3. The van der Waals surface area contributed by atoms with E-state index in [0.29, 0.717) is 24.6 Å². The molecule has 4 atom stereocenters. The Bertz CT molecular complexity index is 3760. The quantitative estimate of drug-likeness (QED) is 0.00980. The summed E-state index contributed by atoms with van der Waals surface area (Å²) in [6, 6.07) is 36.0. The van der Waals surface area contributed by atoms with Gasteiger partial charge in [-0.3, -0.25) is 35.1 Å². The van der Waals surface area contributed by atoms with Crippen molar-refractivity contribution in [3.05, 3.63) is 176 Å². The number of carbonyl (C=O) groups excluding carboxylic acids is 6. The first kappa shape index (κ1) is 108. The molecule has 35 nitrogen and oxygen atoms in total. The number of carboxylic acid groups (broad SMARTS) is 2. The molecule has 0 aromatic heterocycles. The average molecular weight is 1710 g/mol. The number of nitro benzene ring substituents is 3. The summed E-state index contributed by atoms with van der Waals surface area (Å²) in [6.07, 6.45) is 8.87. The number of nitro groups is 3. The van der Waals surface area contributed by atoms with Crippen LogP contribution in [0.3, 0.4) is 0 Å². The number of rotatable bonds is 40. The molecular weight excluding hydrogens is 1580 g/mol. The van der Waals surface area contributed by atoms with Crippen molar-refractivity contribution in [2.75, 3.05) is 67.2 Å². The number of hydrogen-bond donors (Lipinski definition) is 9. The maximum absolute atomic E-state index is 11.8. The zero-order chi connectivity index (χ0) is 90.5. The Morgan fingerprint density at radius 1 is 0.375 bits per heavy atom. The van der Waals surface area contributed by atoms with Crippen LogP contribution in [0.15, 0.2) is 146 Å². The summed E-state index contributed by atoms with van der Waals surface area (Å²) in [5.41, 5.74) is 6.62. The van der Waals surface area contributed by atoms with Gasteiger partial charge >= 0.3 is 47.8 Å². The number of aliphatic hydroxyl groups is 2. The number of benzene rings is 6. The van der Waals surface area contributed by atoms with Gasteiger partial charge in [-0.1, -0.05) is 101 Å². The minimum atomic E-state index is -1.32. The van der Waals surface area contributed by atoms with Gasteiger partial charge in [-0.25, -0.2) is 33.6 Å². The normalized spacial score (nSPS) is 11.1. The second kappa shape index (κ2) is 64.0. The SMILES string of the molecule is CCCC(C)C.CCCC(C)NC(=O)Oc1ccc(N(CCC)CCC)cc1.CCCC(C)NC(=O)Oc1ccc(N(CCO)CCO)cc1.CCCC(C)NC(=O)Oc1ccc([N+](=O)[O-])cc1.CCCN(CCC)c1ccc(OC(=O)NC(CCC(=O)O)C(=O)O)cc1.NC(=O)Oc1ccc([N+](=O)[O-])cc1.O=C(Cl)Oc1ccc([N+](=O)[O-])cc1. The molecular formula is C84H122ClN11O24. The minimum Gasteiger partial charge on any atom is -0.481 e. The summed E-state index contributed by atoms with van der Waals surface area (Å²) in [4.78, 5) is 125. The number of hydrogen-bond acceptors (Lipinski definition) is 25. The van der Waals surface area contributed by atoms with Crippen molar-refractivity contribution in [3.63, 3.8) is 0 Å². The van der Waals surface area contributed by atoms with Crippen molar-refractivity contribution in [3.8, 4) is 34.5 Å². The highest BCUT2D eigenvalue weighted by molar-refractivity contribution is 6.61. The van der Waals surface area contributed by atoms with E-state index in [-0.39, 0.29) is 90.3 Å². The van der Waals surface area contributed by atoms with E-state index in [1.165, 1.54) is 91.3 Å². The molecule has 0 saturated carbocycles. The lowest BCUT2D eigenvalue weighted by atomic mass is 10.1. The van der Waals surface area contributed by atoms with Crippen LogP contribution in [-0.2, 0) is 9.59 Å². The van der Waals surface area contributed by atoms with Crippen molar-refractivity contribution >= 4 is 93.6 Å². The number of ether oxygens (including phenoxy) is 6. The zero-order valence-electron chi connectivity index (χ0n) is 70.9. The molecule has 0 aliphatic heterocycles. The predicted octanol–water partition coefficient (Wildman–Crippen LogP) is 17.8. The lowest BCUT2D eigenvalue weighted by Gasteiger charge is -2.23. The highest BCUT2D eigenvalue weighted by Crippen LogP contribution is 2.25. The molecule has 120 heavy (non-hydrogen) atoms. The van der Waals surface area contributed by atoms with E-state index >= 15 is 0 Å². The number of carboxylic acids is 2. The van der Waals surface area contributed by atoms with E-state index in [9.17, 15) is 68.7 Å². The molecule has 5 amide bonds. The van der Waals surface area contributed by atoms with Gasteiger partial charge in [-0.15, -0.1) is 0 Å². The minimum absolute atomic E-state index is 0.00990. The summed E-state index contributed by atoms with van der Waals surface area (Å²) >= 11 is 4.92. The number of nitrogens with zero attached hydrogens (tertiary/aromatic N) is 6. The van der Waals surface area contributed by atoms with Crippen molar-refractivity contribution in [2.45, 2.75) is 204 Å². The van der Waals surface area contributed by atoms with Gasteiger partial charge in [-0.2, -0.15) is 0 Å². The largest absolute Gasteiger partial charge is 0.481 e. The number of carbonyl (C=O) groups is 8. The Hall–Kier alpha value is -12.1. The van der Waals surface area contributed by atoms with E-state index in [1.54, 1.807) is 36.4 Å². The summed E-state index contributed by atoms with van der Waals surface area (Å²) in [7, 11) is 0. The summed E-state index contributed by atoms with van der Waals surface area (Å²) in [5, 5.41) is 77.0. The second-order valence-electron chi connectivity index (χ2n) is 27.1. The van der Waals surface area contributed by atoms with Gasteiger partial charge in [0.15, 0.2) is 0 Å². The van der Waals surface area contributed by atoms with E-state index in [0.717, 1.165) is 108 Å². The van der Waals surface area contributed by atoms with Gasteiger partial charge in [0, 0.05) is 129 Å². The molecule has 0 fully saturated rings. The molecule has 0 saturated heterocycles. The molecule has 10 N–H and O–H groups in total. The lowest BCUT2D eigenvalue weighted by Crippen LogP contribution is -2.42. The van der Waals surface area contributed by atoms with Gasteiger partial charge in [0.1, 0.15) is 40.5 Å². The first-order chi connectivity index (χ1) is 57.0. The Morgan fingerprint density at radius 3 is 0.833 bits per heavy atom. The first-order valence-electron chi connectivity index (χ1n) is 39.8. The number of primary amides is 1. The number of anilines is 3. The summed E-state index contributed by atoms with van der Waals surface area (Å²) in [5.74, 6) is 0.400. The lowest BCUT2D eigenvalue weighted by molar-refractivity contribution is -0.385. The number of nitrogens with one attached hydrogen (secondary N) is 4. The Balaban J connectivity index is 0.00000141. The van der Waals surface area contributed by atoms with Crippen LogP contribution in [0, 0.1) is 36.3 Å². The summed E-state index contributed by atoms with van der Waals surface area (Å²) < 4.78 is 29.5. The number of aliphatic carboxylic acids is 2. The van der Waals surface area contributed by atoms with Crippen LogP contribution in [0.2, 0.25) is 0 Å². The number of amides is 5. The molecule has 6 aromatic carbocycles.